The Morgan fingerprint density at radius 1 is 1.32 bits per heavy atom. The second-order valence-corrected chi connectivity index (χ2v) is 6.62. The molecule has 1 aliphatic heterocycles. The average Bonchev–Trinajstić information content (AvgIpc) is 3.28. The van der Waals surface area contributed by atoms with Crippen LogP contribution in [0.5, 0.6) is 11.5 Å². The molecule has 1 aliphatic rings. The van der Waals surface area contributed by atoms with Gasteiger partial charge in [-0.05, 0) is 38.5 Å². The Labute approximate surface area is 151 Å². The molecule has 2 aromatic rings. The van der Waals surface area contributed by atoms with Crippen molar-refractivity contribution in [3.05, 3.63) is 35.3 Å². The van der Waals surface area contributed by atoms with Crippen molar-refractivity contribution in [2.24, 2.45) is 0 Å². The molecule has 2 heterocycles. The third-order valence-electron chi connectivity index (χ3n) is 4.02. The molecule has 0 radical (unpaired) electrons. The number of benzene rings is 1. The molecule has 134 valence electrons. The van der Waals surface area contributed by atoms with Crippen LogP contribution < -0.4 is 19.7 Å². The summed E-state index contributed by atoms with van der Waals surface area (Å²) >= 11 is 1.62. The molecule has 25 heavy (non-hydrogen) atoms. The van der Waals surface area contributed by atoms with Gasteiger partial charge in [-0.25, -0.2) is 4.98 Å². The van der Waals surface area contributed by atoms with Crippen LogP contribution in [0.2, 0.25) is 0 Å². The van der Waals surface area contributed by atoms with Crippen LogP contribution in [-0.2, 0) is 0 Å². The van der Waals surface area contributed by atoms with Gasteiger partial charge in [0.1, 0.15) is 0 Å². The van der Waals surface area contributed by atoms with Crippen LogP contribution >= 0.6 is 11.3 Å². The maximum absolute atomic E-state index is 12.6. The van der Waals surface area contributed by atoms with Crippen LogP contribution in [0.3, 0.4) is 0 Å². The monoisotopic (exact) mass is 361 g/mol. The van der Waals surface area contributed by atoms with Crippen LogP contribution in [0.4, 0.5) is 5.13 Å². The fourth-order valence-electron chi connectivity index (χ4n) is 2.89. The number of amides is 1. The van der Waals surface area contributed by atoms with E-state index in [1.807, 2.05) is 19.2 Å². The molecule has 0 spiro atoms. The Morgan fingerprint density at radius 2 is 2.12 bits per heavy atom. The van der Waals surface area contributed by atoms with Gasteiger partial charge in [0.25, 0.3) is 5.91 Å². The van der Waals surface area contributed by atoms with Crippen molar-refractivity contribution >= 4 is 22.4 Å². The Bertz CT molecular complexity index is 706. The predicted molar refractivity (Wildman–Crippen MR) is 99.0 cm³/mol. The summed E-state index contributed by atoms with van der Waals surface area (Å²) in [6.07, 6.45) is 2.72. The molecular weight excluding hydrogens is 338 g/mol. The Balaban J connectivity index is 1.64. The number of nitrogens with one attached hydrogen (secondary N) is 1. The highest BCUT2D eigenvalue weighted by atomic mass is 32.1. The number of nitrogens with zero attached hydrogens (tertiary/aromatic N) is 2. The molecule has 7 heteroatoms. The van der Waals surface area contributed by atoms with Crippen molar-refractivity contribution < 1.29 is 14.3 Å². The van der Waals surface area contributed by atoms with E-state index in [2.05, 4.69) is 15.2 Å². The van der Waals surface area contributed by atoms with Gasteiger partial charge in [0, 0.05) is 36.3 Å². The van der Waals surface area contributed by atoms with E-state index in [1.54, 1.807) is 35.7 Å². The van der Waals surface area contributed by atoms with Crippen LogP contribution in [0, 0.1) is 0 Å². The SMILES string of the molecule is CCOc1ccc(C(=O)NC2CCN(c3nccs3)C2)cc1OCC. The van der Waals surface area contributed by atoms with Crippen LogP contribution in [0.15, 0.2) is 29.8 Å². The van der Waals surface area contributed by atoms with E-state index in [0.29, 0.717) is 30.3 Å². The summed E-state index contributed by atoms with van der Waals surface area (Å²) in [4.78, 5) is 19.1. The number of carbonyl (C=O) groups excluding carboxylic acids is 1. The fourth-order valence-corrected chi connectivity index (χ4v) is 3.57. The first kappa shape index (κ1) is 17.5. The topological polar surface area (TPSA) is 63.7 Å². The highest BCUT2D eigenvalue weighted by Gasteiger charge is 2.26. The molecule has 1 amide bonds. The van der Waals surface area contributed by atoms with E-state index in [4.69, 9.17) is 9.47 Å². The van der Waals surface area contributed by atoms with Crippen molar-refractivity contribution in [1.82, 2.24) is 10.3 Å². The predicted octanol–water partition coefficient (Wildman–Crippen LogP) is 2.95. The molecular formula is C18H23N3O3S. The molecule has 1 aromatic heterocycles. The number of thiazole rings is 1. The molecule has 0 bridgehead atoms. The van der Waals surface area contributed by atoms with Gasteiger partial charge >= 0.3 is 0 Å². The number of hydrogen-bond donors (Lipinski definition) is 1. The van der Waals surface area contributed by atoms with E-state index in [0.717, 1.165) is 24.6 Å². The van der Waals surface area contributed by atoms with Crippen LogP contribution in [0.1, 0.15) is 30.6 Å². The van der Waals surface area contributed by atoms with E-state index >= 15 is 0 Å². The number of carbonyl (C=O) groups is 1. The first-order valence-electron chi connectivity index (χ1n) is 8.56. The smallest absolute Gasteiger partial charge is 0.251 e. The maximum atomic E-state index is 12.6. The normalized spacial score (nSPS) is 16.7. The molecule has 1 atom stereocenters. The summed E-state index contributed by atoms with van der Waals surface area (Å²) in [5, 5.41) is 6.09. The van der Waals surface area contributed by atoms with Crippen LogP contribution in [0.25, 0.3) is 0 Å². The molecule has 1 N–H and O–H groups in total. The van der Waals surface area contributed by atoms with E-state index < -0.39 is 0 Å². The first-order chi connectivity index (χ1) is 12.2. The van der Waals surface area contributed by atoms with Gasteiger partial charge in [-0.1, -0.05) is 0 Å². The summed E-state index contributed by atoms with van der Waals surface area (Å²) < 4.78 is 11.1. The number of aromatic nitrogens is 1. The van der Waals surface area contributed by atoms with Gasteiger partial charge in [-0.3, -0.25) is 4.79 Å². The molecule has 3 rings (SSSR count). The minimum Gasteiger partial charge on any atom is -0.490 e. The minimum absolute atomic E-state index is 0.0880. The second kappa shape index (κ2) is 8.20. The third-order valence-corrected chi connectivity index (χ3v) is 4.85. The zero-order chi connectivity index (χ0) is 17.6. The molecule has 6 nitrogen and oxygen atoms in total. The lowest BCUT2D eigenvalue weighted by atomic mass is 10.1. The summed E-state index contributed by atoms with van der Waals surface area (Å²) in [5.41, 5.74) is 0.583. The maximum Gasteiger partial charge on any atom is 0.251 e. The number of hydrogen-bond acceptors (Lipinski definition) is 6. The van der Waals surface area contributed by atoms with Gasteiger partial charge in [0.15, 0.2) is 16.6 Å². The Hall–Kier alpha value is -2.28. The lowest BCUT2D eigenvalue weighted by Gasteiger charge is -2.16. The molecule has 0 saturated carbocycles. The van der Waals surface area contributed by atoms with Gasteiger partial charge in [0.2, 0.25) is 0 Å². The molecule has 1 unspecified atom stereocenters. The van der Waals surface area contributed by atoms with Crippen LogP contribution in [-0.4, -0.2) is 43.2 Å². The lowest BCUT2D eigenvalue weighted by Crippen LogP contribution is -2.37. The summed E-state index contributed by atoms with van der Waals surface area (Å²) in [6, 6.07) is 5.44. The van der Waals surface area contributed by atoms with Gasteiger partial charge in [0.05, 0.1) is 13.2 Å². The standard InChI is InChI=1S/C18H23N3O3S/c1-3-23-15-6-5-13(11-16(15)24-4-2)17(22)20-14-7-9-21(12-14)18-19-8-10-25-18/h5-6,8,10-11,14H,3-4,7,9,12H2,1-2H3,(H,20,22). The molecule has 0 aliphatic carbocycles. The number of anilines is 1. The first-order valence-corrected chi connectivity index (χ1v) is 9.44. The number of rotatable bonds is 7. The largest absolute Gasteiger partial charge is 0.490 e. The minimum atomic E-state index is -0.0880. The molecule has 1 saturated heterocycles. The molecule has 1 aromatic carbocycles. The lowest BCUT2D eigenvalue weighted by molar-refractivity contribution is 0.0940. The third kappa shape index (κ3) is 4.22. The zero-order valence-electron chi connectivity index (χ0n) is 14.5. The highest BCUT2D eigenvalue weighted by molar-refractivity contribution is 7.13. The van der Waals surface area contributed by atoms with Crippen molar-refractivity contribution in [3.8, 4) is 11.5 Å². The van der Waals surface area contributed by atoms with Crippen molar-refractivity contribution in [2.45, 2.75) is 26.3 Å². The van der Waals surface area contributed by atoms with Crippen molar-refractivity contribution in [2.75, 3.05) is 31.2 Å². The summed E-state index contributed by atoms with van der Waals surface area (Å²) in [5.74, 6) is 1.18. The van der Waals surface area contributed by atoms with Gasteiger partial charge in [-0.15, -0.1) is 11.3 Å². The fraction of sp³-hybridized carbons (Fsp3) is 0.444. The highest BCUT2D eigenvalue weighted by Crippen LogP contribution is 2.29. The summed E-state index contributed by atoms with van der Waals surface area (Å²) in [7, 11) is 0. The summed E-state index contributed by atoms with van der Waals surface area (Å²) in [6.45, 7) is 6.61. The zero-order valence-corrected chi connectivity index (χ0v) is 15.3. The Morgan fingerprint density at radius 3 is 2.84 bits per heavy atom. The Kier molecular flexibility index (Phi) is 5.75. The van der Waals surface area contributed by atoms with Gasteiger partial charge < -0.3 is 19.7 Å². The quantitative estimate of drug-likeness (QED) is 0.821. The van der Waals surface area contributed by atoms with E-state index in [1.165, 1.54) is 0 Å². The van der Waals surface area contributed by atoms with E-state index in [9.17, 15) is 4.79 Å². The van der Waals surface area contributed by atoms with Crippen molar-refractivity contribution in [3.63, 3.8) is 0 Å². The van der Waals surface area contributed by atoms with Crippen molar-refractivity contribution in [1.29, 1.82) is 0 Å². The number of ether oxygens (including phenoxy) is 2. The second-order valence-electron chi connectivity index (χ2n) is 5.75. The van der Waals surface area contributed by atoms with Gasteiger partial charge in [-0.2, -0.15) is 0 Å². The van der Waals surface area contributed by atoms with E-state index in [-0.39, 0.29) is 11.9 Å². The average molecular weight is 361 g/mol. The molecule has 1 fully saturated rings.